The summed E-state index contributed by atoms with van der Waals surface area (Å²) in [6.45, 7) is 6.73. The molecule has 0 aromatic heterocycles. The molecule has 0 radical (unpaired) electrons. The monoisotopic (exact) mass is 451 g/mol. The molecule has 0 aliphatic rings. The summed E-state index contributed by atoms with van der Waals surface area (Å²) in [5.74, 6) is 1.34. The molecule has 0 unspecified atom stereocenters. The van der Waals surface area contributed by atoms with Crippen molar-refractivity contribution in [2.45, 2.75) is 46.3 Å². The lowest BCUT2D eigenvalue weighted by Crippen LogP contribution is -2.33. The SMILES string of the molecule is CCOc1ccc(C(=O)N[C@H](C)CCc2ccccc2)cc1COc1ccc(Cl)c(C)c1. The van der Waals surface area contributed by atoms with Crippen molar-refractivity contribution >= 4 is 17.5 Å². The topological polar surface area (TPSA) is 47.6 Å². The van der Waals surface area contributed by atoms with Crippen molar-refractivity contribution in [2.75, 3.05) is 6.61 Å². The summed E-state index contributed by atoms with van der Waals surface area (Å²) in [5.41, 5.74) is 3.63. The van der Waals surface area contributed by atoms with E-state index in [0.29, 0.717) is 29.5 Å². The van der Waals surface area contributed by atoms with E-state index in [2.05, 4.69) is 17.4 Å². The van der Waals surface area contributed by atoms with Crippen molar-refractivity contribution in [3.63, 3.8) is 0 Å². The average Bonchev–Trinajstić information content (AvgIpc) is 2.80. The fraction of sp³-hybridized carbons (Fsp3) is 0.296. The van der Waals surface area contributed by atoms with E-state index in [1.54, 1.807) is 6.07 Å². The van der Waals surface area contributed by atoms with E-state index in [1.807, 2.05) is 69.3 Å². The highest BCUT2D eigenvalue weighted by Gasteiger charge is 2.14. The third kappa shape index (κ3) is 6.76. The Balaban J connectivity index is 1.65. The Labute approximate surface area is 195 Å². The first-order chi connectivity index (χ1) is 15.5. The molecule has 0 saturated carbocycles. The molecule has 0 fully saturated rings. The number of halogens is 1. The van der Waals surface area contributed by atoms with E-state index in [-0.39, 0.29) is 11.9 Å². The van der Waals surface area contributed by atoms with Gasteiger partial charge < -0.3 is 14.8 Å². The number of amides is 1. The molecule has 3 aromatic carbocycles. The Kier molecular flexibility index (Phi) is 8.57. The molecule has 0 heterocycles. The predicted molar refractivity (Wildman–Crippen MR) is 130 cm³/mol. The van der Waals surface area contributed by atoms with Crippen LogP contribution in [0.15, 0.2) is 66.7 Å². The predicted octanol–water partition coefficient (Wildman–Crippen LogP) is 6.38. The molecular weight excluding hydrogens is 422 g/mol. The number of rotatable bonds is 10. The molecule has 1 N–H and O–H groups in total. The van der Waals surface area contributed by atoms with Gasteiger partial charge in [0.2, 0.25) is 0 Å². The first-order valence-corrected chi connectivity index (χ1v) is 11.3. The summed E-state index contributed by atoms with van der Waals surface area (Å²) in [5, 5.41) is 3.80. The van der Waals surface area contributed by atoms with Crippen LogP contribution in [0.4, 0.5) is 0 Å². The van der Waals surface area contributed by atoms with Crippen molar-refractivity contribution in [3.8, 4) is 11.5 Å². The van der Waals surface area contributed by atoms with Crippen LogP contribution in [0.3, 0.4) is 0 Å². The number of ether oxygens (including phenoxy) is 2. The number of benzene rings is 3. The zero-order valence-electron chi connectivity index (χ0n) is 18.9. The Hall–Kier alpha value is -2.98. The van der Waals surface area contributed by atoms with Crippen LogP contribution in [0.25, 0.3) is 0 Å². The third-order valence-corrected chi connectivity index (χ3v) is 5.66. The summed E-state index contributed by atoms with van der Waals surface area (Å²) in [4.78, 5) is 12.8. The van der Waals surface area contributed by atoms with Gasteiger partial charge in [0, 0.05) is 22.2 Å². The summed E-state index contributed by atoms with van der Waals surface area (Å²) < 4.78 is 11.7. The second-order valence-corrected chi connectivity index (χ2v) is 8.26. The lowest BCUT2D eigenvalue weighted by molar-refractivity contribution is 0.0938. The highest BCUT2D eigenvalue weighted by molar-refractivity contribution is 6.31. The lowest BCUT2D eigenvalue weighted by Gasteiger charge is -2.16. The summed E-state index contributed by atoms with van der Waals surface area (Å²) in [6, 6.07) is 21.4. The van der Waals surface area contributed by atoms with Gasteiger partial charge >= 0.3 is 0 Å². The van der Waals surface area contributed by atoms with Crippen LogP contribution in [0.5, 0.6) is 11.5 Å². The van der Waals surface area contributed by atoms with Crippen LogP contribution in [0.1, 0.15) is 47.3 Å². The summed E-state index contributed by atoms with van der Waals surface area (Å²) in [7, 11) is 0. The van der Waals surface area contributed by atoms with Crippen molar-refractivity contribution in [1.82, 2.24) is 5.32 Å². The van der Waals surface area contributed by atoms with Crippen molar-refractivity contribution in [3.05, 3.63) is 94.0 Å². The van der Waals surface area contributed by atoms with Crippen molar-refractivity contribution in [2.24, 2.45) is 0 Å². The Morgan fingerprint density at radius 3 is 2.53 bits per heavy atom. The molecule has 1 atom stereocenters. The average molecular weight is 452 g/mol. The second-order valence-electron chi connectivity index (χ2n) is 7.85. The largest absolute Gasteiger partial charge is 0.493 e. The van der Waals surface area contributed by atoms with Crippen LogP contribution in [0, 0.1) is 6.92 Å². The van der Waals surface area contributed by atoms with Crippen LogP contribution in [-0.4, -0.2) is 18.6 Å². The van der Waals surface area contributed by atoms with E-state index >= 15 is 0 Å². The highest BCUT2D eigenvalue weighted by atomic mass is 35.5. The molecule has 0 aliphatic carbocycles. The summed E-state index contributed by atoms with van der Waals surface area (Å²) >= 11 is 6.10. The van der Waals surface area contributed by atoms with E-state index < -0.39 is 0 Å². The molecular formula is C27H30ClNO3. The third-order valence-electron chi connectivity index (χ3n) is 5.23. The molecule has 0 aliphatic heterocycles. The Bertz CT molecular complexity index is 1040. The minimum absolute atomic E-state index is 0.0611. The van der Waals surface area contributed by atoms with Crippen LogP contribution >= 0.6 is 11.6 Å². The molecule has 0 bridgehead atoms. The number of carbonyl (C=O) groups is 1. The zero-order chi connectivity index (χ0) is 22.9. The molecule has 4 nitrogen and oxygen atoms in total. The van der Waals surface area contributed by atoms with Gasteiger partial charge in [0.05, 0.1) is 6.61 Å². The fourth-order valence-corrected chi connectivity index (χ4v) is 3.52. The number of hydrogen-bond acceptors (Lipinski definition) is 3. The standard InChI is InChI=1S/C27H30ClNO3/c1-4-31-26-15-12-22(17-23(26)18-32-24-13-14-25(28)19(2)16-24)27(30)29-20(3)10-11-21-8-6-5-7-9-21/h5-9,12-17,20H,4,10-11,18H2,1-3H3,(H,29,30)/t20-/m1/s1. The first-order valence-electron chi connectivity index (χ1n) is 11.0. The van der Waals surface area contributed by atoms with Gasteiger partial charge in [-0.15, -0.1) is 0 Å². The molecule has 3 aromatic rings. The Morgan fingerprint density at radius 2 is 1.81 bits per heavy atom. The van der Waals surface area contributed by atoms with Crippen LogP contribution in [0.2, 0.25) is 5.02 Å². The maximum atomic E-state index is 12.8. The van der Waals surface area contributed by atoms with Gasteiger partial charge in [0.25, 0.3) is 5.91 Å². The minimum atomic E-state index is -0.0998. The number of nitrogens with one attached hydrogen (secondary N) is 1. The quantitative estimate of drug-likeness (QED) is 0.389. The van der Waals surface area contributed by atoms with Gasteiger partial charge in [-0.3, -0.25) is 4.79 Å². The zero-order valence-corrected chi connectivity index (χ0v) is 19.6. The summed E-state index contributed by atoms with van der Waals surface area (Å²) in [6.07, 6.45) is 1.80. The molecule has 1 amide bonds. The number of hydrogen-bond donors (Lipinski definition) is 1. The van der Waals surface area contributed by atoms with E-state index in [9.17, 15) is 4.79 Å². The molecule has 32 heavy (non-hydrogen) atoms. The number of carbonyl (C=O) groups excluding carboxylic acids is 1. The van der Waals surface area contributed by atoms with Gasteiger partial charge in [0.1, 0.15) is 18.1 Å². The van der Waals surface area contributed by atoms with Gasteiger partial charge in [-0.25, -0.2) is 0 Å². The Morgan fingerprint density at radius 1 is 1.03 bits per heavy atom. The number of aryl methyl sites for hydroxylation is 2. The second kappa shape index (κ2) is 11.6. The van der Waals surface area contributed by atoms with Crippen molar-refractivity contribution < 1.29 is 14.3 Å². The molecule has 5 heteroatoms. The highest BCUT2D eigenvalue weighted by Crippen LogP contribution is 2.25. The van der Waals surface area contributed by atoms with Gasteiger partial charge in [-0.1, -0.05) is 41.9 Å². The first kappa shape index (κ1) is 23.7. The molecule has 0 saturated heterocycles. The maximum absolute atomic E-state index is 12.8. The fourth-order valence-electron chi connectivity index (χ4n) is 3.40. The minimum Gasteiger partial charge on any atom is -0.493 e. The van der Waals surface area contributed by atoms with Crippen LogP contribution in [-0.2, 0) is 13.0 Å². The smallest absolute Gasteiger partial charge is 0.251 e. The normalized spacial score (nSPS) is 11.6. The maximum Gasteiger partial charge on any atom is 0.251 e. The molecule has 168 valence electrons. The molecule has 3 rings (SSSR count). The van der Waals surface area contributed by atoms with Crippen LogP contribution < -0.4 is 14.8 Å². The van der Waals surface area contributed by atoms with E-state index in [0.717, 1.165) is 29.7 Å². The van der Waals surface area contributed by atoms with E-state index in [1.165, 1.54) is 5.56 Å². The van der Waals surface area contributed by atoms with E-state index in [4.69, 9.17) is 21.1 Å². The van der Waals surface area contributed by atoms with Gasteiger partial charge in [-0.2, -0.15) is 0 Å². The van der Waals surface area contributed by atoms with Gasteiger partial charge in [-0.05, 0) is 81.1 Å². The van der Waals surface area contributed by atoms with Crippen molar-refractivity contribution in [1.29, 1.82) is 0 Å². The molecule has 0 spiro atoms. The lowest BCUT2D eigenvalue weighted by atomic mass is 10.1. The van der Waals surface area contributed by atoms with Gasteiger partial charge in [0.15, 0.2) is 0 Å².